The second-order valence-corrected chi connectivity index (χ2v) is 24.9. The fourth-order valence-corrected chi connectivity index (χ4v) is 11.4. The van der Waals surface area contributed by atoms with Crippen molar-refractivity contribution in [2.24, 2.45) is 0 Å². The Bertz CT molecular complexity index is 1300. The van der Waals surface area contributed by atoms with Gasteiger partial charge in [-0.1, -0.05) is 339 Å². The molecule has 2 unspecified atom stereocenters. The number of nitrogens with one attached hydrogen (secondary N) is 1. The summed E-state index contributed by atoms with van der Waals surface area (Å²) in [7, 11) is 0. The Morgan fingerprint density at radius 2 is 0.625 bits per heavy atom. The zero-order valence-corrected chi connectivity index (χ0v) is 54.1. The molecule has 6 heteroatoms. The molecule has 0 rings (SSSR count). The van der Waals surface area contributed by atoms with Crippen molar-refractivity contribution < 1.29 is 24.5 Å². The minimum Gasteiger partial charge on any atom is -0.466 e. The number of carbonyl (C=O) groups is 2. The lowest BCUT2D eigenvalue weighted by Crippen LogP contribution is -2.45. The highest BCUT2D eigenvalue weighted by Gasteiger charge is 2.20. The van der Waals surface area contributed by atoms with Gasteiger partial charge in [-0.3, -0.25) is 9.59 Å². The molecular weight excluding hydrogens is 983 g/mol. The predicted molar refractivity (Wildman–Crippen MR) is 352 cm³/mol. The van der Waals surface area contributed by atoms with Crippen molar-refractivity contribution in [3.63, 3.8) is 0 Å². The van der Waals surface area contributed by atoms with Crippen molar-refractivity contribution in [3.8, 4) is 0 Å². The maximum Gasteiger partial charge on any atom is 0.305 e. The minimum absolute atomic E-state index is 0.0158. The van der Waals surface area contributed by atoms with Crippen LogP contribution in [0, 0.1) is 0 Å². The molecule has 0 bridgehead atoms. The highest BCUT2D eigenvalue weighted by Crippen LogP contribution is 2.19. The minimum atomic E-state index is -0.660. The van der Waals surface area contributed by atoms with Gasteiger partial charge < -0.3 is 20.3 Å². The quantitative estimate of drug-likeness (QED) is 0.0320. The Morgan fingerprint density at radius 3 is 0.963 bits per heavy atom. The smallest absolute Gasteiger partial charge is 0.305 e. The summed E-state index contributed by atoms with van der Waals surface area (Å²) < 4.78 is 5.50. The number of ether oxygens (including phenoxy) is 1. The molecule has 80 heavy (non-hydrogen) atoms. The number of carbonyl (C=O) groups excluding carboxylic acids is 2. The molecule has 0 radical (unpaired) electrons. The fourth-order valence-electron chi connectivity index (χ4n) is 11.4. The van der Waals surface area contributed by atoms with E-state index in [4.69, 9.17) is 4.74 Å². The van der Waals surface area contributed by atoms with Crippen molar-refractivity contribution in [2.75, 3.05) is 13.2 Å². The number of hydrogen-bond donors (Lipinski definition) is 3. The molecule has 0 heterocycles. The molecule has 0 aromatic carbocycles. The van der Waals surface area contributed by atoms with Gasteiger partial charge in [-0.15, -0.1) is 0 Å². The normalized spacial score (nSPS) is 12.7. The van der Waals surface area contributed by atoms with Gasteiger partial charge in [-0.05, 0) is 83.5 Å². The van der Waals surface area contributed by atoms with Crippen LogP contribution in [0.15, 0.2) is 36.5 Å². The highest BCUT2D eigenvalue weighted by molar-refractivity contribution is 5.76. The summed E-state index contributed by atoms with van der Waals surface area (Å²) in [4.78, 5) is 24.5. The second-order valence-electron chi connectivity index (χ2n) is 24.9. The summed E-state index contributed by atoms with van der Waals surface area (Å²) in [5, 5.41) is 23.1. The van der Waals surface area contributed by atoms with Gasteiger partial charge in [0, 0.05) is 12.8 Å². The van der Waals surface area contributed by atoms with Gasteiger partial charge >= 0.3 is 5.97 Å². The molecule has 0 saturated carbocycles. The maximum absolute atomic E-state index is 12.4. The Hall–Kier alpha value is -1.92. The van der Waals surface area contributed by atoms with Crippen LogP contribution in [-0.4, -0.2) is 47.4 Å². The lowest BCUT2D eigenvalue weighted by atomic mass is 10.0. The molecule has 1 amide bonds. The third kappa shape index (κ3) is 65.2. The van der Waals surface area contributed by atoms with Gasteiger partial charge in [0.25, 0.3) is 0 Å². The Morgan fingerprint density at radius 1 is 0.350 bits per heavy atom. The van der Waals surface area contributed by atoms with Crippen LogP contribution in [0.1, 0.15) is 399 Å². The van der Waals surface area contributed by atoms with E-state index < -0.39 is 12.1 Å². The SMILES string of the molecule is CCCCCCCC/C=C\CCCCCCCCCC(=O)OCCCCCCCCCCCCCCC/C=C\C/C=C\CCCCCCCCCCCCCCCCCCCC(=O)NC(CO)C(O)CCCCCCCCCCC. The lowest BCUT2D eigenvalue weighted by molar-refractivity contribution is -0.143. The zero-order chi connectivity index (χ0) is 57.8. The van der Waals surface area contributed by atoms with Gasteiger partial charge in [-0.2, -0.15) is 0 Å². The molecule has 0 aliphatic heterocycles. The molecule has 0 aromatic heterocycles. The van der Waals surface area contributed by atoms with E-state index >= 15 is 0 Å². The van der Waals surface area contributed by atoms with Crippen molar-refractivity contribution in [2.45, 2.75) is 411 Å². The largest absolute Gasteiger partial charge is 0.466 e. The van der Waals surface area contributed by atoms with Crippen LogP contribution in [0.25, 0.3) is 0 Å². The van der Waals surface area contributed by atoms with E-state index in [2.05, 4.69) is 55.6 Å². The van der Waals surface area contributed by atoms with E-state index in [9.17, 15) is 19.8 Å². The van der Waals surface area contributed by atoms with E-state index in [1.165, 1.54) is 315 Å². The molecule has 0 spiro atoms. The predicted octanol–water partition coefficient (Wildman–Crippen LogP) is 23.5. The lowest BCUT2D eigenvalue weighted by Gasteiger charge is -2.22. The number of amides is 1. The summed E-state index contributed by atoms with van der Waals surface area (Å²) in [6.45, 7) is 4.95. The van der Waals surface area contributed by atoms with E-state index in [0.29, 0.717) is 25.9 Å². The number of aliphatic hydroxyl groups excluding tert-OH is 2. The monoisotopic (exact) mass is 1120 g/mol. The summed E-state index contributed by atoms with van der Waals surface area (Å²) in [6.07, 6.45) is 89.4. The summed E-state index contributed by atoms with van der Waals surface area (Å²) >= 11 is 0. The van der Waals surface area contributed by atoms with Crippen LogP contribution in [0.3, 0.4) is 0 Å². The summed E-state index contributed by atoms with van der Waals surface area (Å²) in [5.41, 5.74) is 0. The third-order valence-corrected chi connectivity index (χ3v) is 16.9. The molecule has 2 atom stereocenters. The molecule has 0 saturated heterocycles. The Kier molecular flexibility index (Phi) is 67.9. The molecule has 472 valence electrons. The van der Waals surface area contributed by atoms with Crippen LogP contribution in [0.5, 0.6) is 0 Å². The first kappa shape index (κ1) is 78.1. The number of allylic oxidation sites excluding steroid dienone is 6. The first-order chi connectivity index (χ1) is 39.5. The van der Waals surface area contributed by atoms with Crippen LogP contribution >= 0.6 is 0 Å². The van der Waals surface area contributed by atoms with Crippen LogP contribution < -0.4 is 5.32 Å². The molecule has 3 N–H and O–H groups in total. The average molecular weight is 1120 g/mol. The number of esters is 1. The number of hydrogen-bond acceptors (Lipinski definition) is 5. The topological polar surface area (TPSA) is 95.9 Å². The Balaban J connectivity index is 3.33. The van der Waals surface area contributed by atoms with Crippen LogP contribution in [0.2, 0.25) is 0 Å². The van der Waals surface area contributed by atoms with Crippen LogP contribution in [-0.2, 0) is 14.3 Å². The van der Waals surface area contributed by atoms with Crippen LogP contribution in [0.4, 0.5) is 0 Å². The first-order valence-electron chi connectivity index (χ1n) is 36.2. The third-order valence-electron chi connectivity index (χ3n) is 16.9. The van der Waals surface area contributed by atoms with E-state index in [1.54, 1.807) is 0 Å². The fraction of sp³-hybridized carbons (Fsp3) is 0.892. The summed E-state index contributed by atoms with van der Waals surface area (Å²) in [5.74, 6) is -0.0174. The number of aliphatic hydroxyl groups is 2. The second kappa shape index (κ2) is 69.6. The molecule has 0 fully saturated rings. The average Bonchev–Trinajstić information content (AvgIpc) is 3.46. The molecule has 0 aliphatic rings. The van der Waals surface area contributed by atoms with Gasteiger partial charge in [0.2, 0.25) is 5.91 Å². The van der Waals surface area contributed by atoms with E-state index in [0.717, 1.165) is 51.4 Å². The van der Waals surface area contributed by atoms with Crippen molar-refractivity contribution >= 4 is 11.9 Å². The zero-order valence-electron chi connectivity index (χ0n) is 54.1. The van der Waals surface area contributed by atoms with E-state index in [1.807, 2.05) is 0 Å². The summed E-state index contributed by atoms with van der Waals surface area (Å²) in [6, 6.07) is -0.537. The van der Waals surface area contributed by atoms with Gasteiger partial charge in [0.15, 0.2) is 0 Å². The Labute approximate surface area is 500 Å². The van der Waals surface area contributed by atoms with Gasteiger partial charge in [-0.25, -0.2) is 0 Å². The van der Waals surface area contributed by atoms with Gasteiger partial charge in [0.1, 0.15) is 0 Å². The standard InChI is InChI=1S/C74H141NO5/c1-3-5-7-9-11-13-14-15-16-38-42-45-48-52-56-60-64-68-74(79)80-69-65-61-57-53-49-46-43-40-37-35-33-31-29-27-25-23-21-19-17-18-20-22-24-26-28-30-32-34-36-39-41-44-47-51-55-59-63-67-73(78)75-71(70-76)72(77)66-62-58-54-50-12-10-8-6-4-2/h15-17,19,23,25,71-72,76-77H,3-14,18,20-22,24,26-70H2,1-2H3,(H,75,78)/b16-15-,19-17-,25-23-. The van der Waals surface area contributed by atoms with Crippen molar-refractivity contribution in [1.29, 1.82) is 0 Å². The first-order valence-corrected chi connectivity index (χ1v) is 36.2. The molecule has 0 aliphatic carbocycles. The highest BCUT2D eigenvalue weighted by atomic mass is 16.5. The van der Waals surface area contributed by atoms with Gasteiger partial charge in [0.05, 0.1) is 25.4 Å². The number of rotatable bonds is 68. The molecular formula is C74H141NO5. The van der Waals surface area contributed by atoms with Crippen molar-refractivity contribution in [3.05, 3.63) is 36.5 Å². The van der Waals surface area contributed by atoms with Crippen molar-refractivity contribution in [1.82, 2.24) is 5.32 Å². The number of unbranched alkanes of at least 4 members (excludes halogenated alkanes) is 51. The molecule has 0 aromatic rings. The molecule has 6 nitrogen and oxygen atoms in total. The van der Waals surface area contributed by atoms with E-state index in [-0.39, 0.29) is 18.5 Å². The maximum atomic E-state index is 12.4.